The van der Waals surface area contributed by atoms with Crippen LogP contribution in [-0.4, -0.2) is 16.1 Å². The summed E-state index contributed by atoms with van der Waals surface area (Å²) in [6, 6.07) is 16.1. The minimum Gasteiger partial charge on any atom is -0.370 e. The number of aryl methyl sites for hydroxylation is 1. The van der Waals surface area contributed by atoms with Crippen LogP contribution in [0.15, 0.2) is 48.5 Å². The molecule has 3 aromatic rings. The Morgan fingerprint density at radius 2 is 1.91 bits per heavy atom. The molecule has 3 rings (SSSR count). The van der Waals surface area contributed by atoms with E-state index < -0.39 is 5.41 Å². The Morgan fingerprint density at radius 1 is 1.18 bits per heavy atom. The summed E-state index contributed by atoms with van der Waals surface area (Å²) in [6.07, 6.45) is 0.263. The molecule has 22 heavy (non-hydrogen) atoms. The lowest BCUT2D eigenvalue weighted by Crippen LogP contribution is -2.30. The third-order valence-electron chi connectivity index (χ3n) is 4.32. The molecule has 1 heterocycles. The van der Waals surface area contributed by atoms with Crippen molar-refractivity contribution in [2.45, 2.75) is 25.7 Å². The molecule has 0 aliphatic carbocycles. The number of fused-ring (bicyclic) bond motifs is 1. The Balaban J connectivity index is 2.19. The fourth-order valence-electron chi connectivity index (χ4n) is 3.01. The van der Waals surface area contributed by atoms with E-state index in [1.807, 2.05) is 49.4 Å². The van der Waals surface area contributed by atoms with Crippen LogP contribution in [0, 0.1) is 6.92 Å². The molecule has 0 aliphatic heterocycles. The van der Waals surface area contributed by atoms with Crippen LogP contribution in [0.4, 0.5) is 0 Å². The number of primary amides is 1. The van der Waals surface area contributed by atoms with E-state index in [4.69, 9.17) is 5.73 Å². The molecule has 0 saturated heterocycles. The number of aromatic amines is 1. The molecule has 3 N–H and O–H groups in total. The molecule has 1 atom stereocenters. The fraction of sp³-hybridized carbons (Fsp3) is 0.222. The van der Waals surface area contributed by atoms with Crippen LogP contribution in [0.25, 0.3) is 10.9 Å². The molecule has 4 nitrogen and oxygen atoms in total. The van der Waals surface area contributed by atoms with Gasteiger partial charge in [0.25, 0.3) is 0 Å². The number of carbonyl (C=O) groups excluding carboxylic acids is 1. The van der Waals surface area contributed by atoms with Crippen molar-refractivity contribution in [3.05, 3.63) is 65.4 Å². The molecule has 0 spiro atoms. The van der Waals surface area contributed by atoms with Crippen LogP contribution in [0.3, 0.4) is 0 Å². The first-order valence-corrected chi connectivity index (χ1v) is 7.30. The second-order valence-electron chi connectivity index (χ2n) is 5.92. The van der Waals surface area contributed by atoms with Gasteiger partial charge >= 0.3 is 0 Å². The van der Waals surface area contributed by atoms with Crippen molar-refractivity contribution in [2.24, 2.45) is 5.73 Å². The van der Waals surface area contributed by atoms with E-state index in [0.29, 0.717) is 0 Å². The molecule has 1 amide bonds. The third-order valence-corrected chi connectivity index (χ3v) is 4.32. The SMILES string of the molecule is Cc1[nH]nc2ccc(C(C)(CC(N)=O)c3ccccc3)cc12. The zero-order chi connectivity index (χ0) is 15.7. The van der Waals surface area contributed by atoms with Crippen LogP contribution >= 0.6 is 0 Å². The molecule has 1 aromatic heterocycles. The maximum absolute atomic E-state index is 11.6. The van der Waals surface area contributed by atoms with Gasteiger partial charge in [-0.2, -0.15) is 5.10 Å². The lowest BCUT2D eigenvalue weighted by atomic mass is 9.73. The number of H-pyrrole nitrogens is 1. The minimum atomic E-state index is -0.453. The van der Waals surface area contributed by atoms with E-state index in [9.17, 15) is 4.79 Å². The van der Waals surface area contributed by atoms with Crippen LogP contribution in [0.5, 0.6) is 0 Å². The predicted octanol–water partition coefficient (Wildman–Crippen LogP) is 3.05. The number of nitrogens with zero attached hydrogens (tertiary/aromatic N) is 1. The highest BCUT2D eigenvalue weighted by Crippen LogP contribution is 2.36. The summed E-state index contributed by atoms with van der Waals surface area (Å²) in [4.78, 5) is 11.6. The van der Waals surface area contributed by atoms with Crippen LogP contribution in [0.1, 0.15) is 30.2 Å². The topological polar surface area (TPSA) is 71.8 Å². The van der Waals surface area contributed by atoms with Crippen molar-refractivity contribution in [3.63, 3.8) is 0 Å². The van der Waals surface area contributed by atoms with Gasteiger partial charge in [-0.15, -0.1) is 0 Å². The Morgan fingerprint density at radius 3 is 2.59 bits per heavy atom. The van der Waals surface area contributed by atoms with Gasteiger partial charge in [0, 0.05) is 22.9 Å². The summed E-state index contributed by atoms with van der Waals surface area (Å²) in [6.45, 7) is 4.05. The molecule has 4 heteroatoms. The molecule has 0 fully saturated rings. The maximum atomic E-state index is 11.6. The number of benzene rings is 2. The van der Waals surface area contributed by atoms with E-state index in [-0.39, 0.29) is 12.3 Å². The minimum absolute atomic E-state index is 0.263. The Hall–Kier alpha value is -2.62. The summed E-state index contributed by atoms with van der Waals surface area (Å²) in [5.74, 6) is -0.310. The van der Waals surface area contributed by atoms with Crippen LogP contribution in [0.2, 0.25) is 0 Å². The van der Waals surface area contributed by atoms with Crippen molar-refractivity contribution in [3.8, 4) is 0 Å². The fourth-order valence-corrected chi connectivity index (χ4v) is 3.01. The van der Waals surface area contributed by atoms with Gasteiger partial charge in [-0.1, -0.05) is 43.3 Å². The van der Waals surface area contributed by atoms with E-state index in [1.165, 1.54) is 0 Å². The van der Waals surface area contributed by atoms with Crippen LogP contribution < -0.4 is 5.73 Å². The number of aromatic nitrogens is 2. The molecule has 112 valence electrons. The van der Waals surface area contributed by atoms with E-state index >= 15 is 0 Å². The summed E-state index contributed by atoms with van der Waals surface area (Å²) in [7, 11) is 0. The highest BCUT2D eigenvalue weighted by atomic mass is 16.1. The van der Waals surface area contributed by atoms with Gasteiger partial charge in [0.15, 0.2) is 0 Å². The largest absolute Gasteiger partial charge is 0.370 e. The average Bonchev–Trinajstić information content (AvgIpc) is 2.88. The molecule has 0 radical (unpaired) electrons. The second kappa shape index (κ2) is 5.30. The Labute approximate surface area is 129 Å². The van der Waals surface area contributed by atoms with Gasteiger partial charge in [0.05, 0.1) is 5.52 Å². The summed E-state index contributed by atoms with van der Waals surface area (Å²) in [5.41, 5.74) is 9.15. The summed E-state index contributed by atoms with van der Waals surface area (Å²) in [5, 5.41) is 8.33. The predicted molar refractivity (Wildman–Crippen MR) is 87.5 cm³/mol. The van der Waals surface area contributed by atoms with Crippen molar-refractivity contribution in [1.82, 2.24) is 10.2 Å². The van der Waals surface area contributed by atoms with E-state index in [1.54, 1.807) is 0 Å². The standard InChI is InChI=1S/C18H19N3O/c1-12-15-10-14(8-9-16(15)21-20-12)18(2,11-17(19)22)13-6-4-3-5-7-13/h3-10H,11H2,1-2H3,(H2,19,22)(H,20,21). The van der Waals surface area contributed by atoms with Gasteiger partial charge in [-0.25, -0.2) is 0 Å². The maximum Gasteiger partial charge on any atom is 0.218 e. The molecular weight excluding hydrogens is 274 g/mol. The highest BCUT2D eigenvalue weighted by Gasteiger charge is 2.31. The third kappa shape index (κ3) is 2.37. The summed E-state index contributed by atoms with van der Waals surface area (Å²) >= 11 is 0. The zero-order valence-corrected chi connectivity index (χ0v) is 12.8. The van der Waals surface area contributed by atoms with Gasteiger partial charge in [0.1, 0.15) is 0 Å². The number of hydrogen-bond donors (Lipinski definition) is 2. The second-order valence-corrected chi connectivity index (χ2v) is 5.92. The number of hydrogen-bond acceptors (Lipinski definition) is 2. The summed E-state index contributed by atoms with van der Waals surface area (Å²) < 4.78 is 0. The normalized spacial score (nSPS) is 13.9. The van der Waals surface area contributed by atoms with Crippen molar-refractivity contribution in [1.29, 1.82) is 0 Å². The van der Waals surface area contributed by atoms with Crippen molar-refractivity contribution < 1.29 is 4.79 Å². The van der Waals surface area contributed by atoms with Gasteiger partial charge in [0.2, 0.25) is 5.91 Å². The molecule has 0 bridgehead atoms. The number of nitrogens with two attached hydrogens (primary N) is 1. The smallest absolute Gasteiger partial charge is 0.218 e. The number of nitrogens with one attached hydrogen (secondary N) is 1. The first-order valence-electron chi connectivity index (χ1n) is 7.30. The number of amides is 1. The first kappa shape index (κ1) is 14.3. The van der Waals surface area contributed by atoms with Crippen molar-refractivity contribution >= 4 is 16.8 Å². The monoisotopic (exact) mass is 293 g/mol. The highest BCUT2D eigenvalue weighted by molar-refractivity contribution is 5.83. The van der Waals surface area contributed by atoms with Crippen molar-refractivity contribution in [2.75, 3.05) is 0 Å². The van der Waals surface area contributed by atoms with Gasteiger partial charge < -0.3 is 5.73 Å². The first-order chi connectivity index (χ1) is 10.5. The Kier molecular flexibility index (Phi) is 3.45. The van der Waals surface area contributed by atoms with Gasteiger partial charge in [-0.3, -0.25) is 9.89 Å². The number of carbonyl (C=O) groups is 1. The molecule has 2 aromatic carbocycles. The lowest BCUT2D eigenvalue weighted by Gasteiger charge is -2.30. The van der Waals surface area contributed by atoms with E-state index in [0.717, 1.165) is 27.7 Å². The van der Waals surface area contributed by atoms with Gasteiger partial charge in [-0.05, 0) is 30.2 Å². The molecule has 0 saturated carbocycles. The average molecular weight is 293 g/mol. The number of rotatable bonds is 4. The lowest BCUT2D eigenvalue weighted by molar-refractivity contribution is -0.118. The quantitative estimate of drug-likeness (QED) is 0.776. The van der Waals surface area contributed by atoms with Crippen LogP contribution in [-0.2, 0) is 10.2 Å². The zero-order valence-electron chi connectivity index (χ0n) is 12.8. The van der Waals surface area contributed by atoms with E-state index in [2.05, 4.69) is 23.2 Å². The molecule has 1 unspecified atom stereocenters. The molecular formula is C18H19N3O. The molecule has 0 aliphatic rings. The Bertz CT molecular complexity index is 823.